The van der Waals surface area contributed by atoms with E-state index < -0.39 is 0 Å². The second kappa shape index (κ2) is 41.5. The van der Waals surface area contributed by atoms with Gasteiger partial charge in [0.05, 0.1) is 58.7 Å². The van der Waals surface area contributed by atoms with Crippen molar-refractivity contribution in [3.63, 3.8) is 0 Å². The number of hydrogen-bond donors (Lipinski definition) is 0. The van der Waals surface area contributed by atoms with Crippen molar-refractivity contribution in [3.8, 4) is 45.3 Å². The zero-order valence-electron chi connectivity index (χ0n) is 81.4. The number of imidazole rings is 1. The van der Waals surface area contributed by atoms with E-state index in [9.17, 15) is 0 Å². The van der Waals surface area contributed by atoms with Crippen molar-refractivity contribution in [3.05, 3.63) is 428 Å². The van der Waals surface area contributed by atoms with E-state index in [0.717, 1.165) is 34.6 Å². The number of para-hydroxylation sites is 9. The number of benzene rings is 13. The Kier molecular flexibility index (Phi) is 28.5. The van der Waals surface area contributed by atoms with Gasteiger partial charge in [-0.3, -0.25) is 0 Å². The zero-order chi connectivity index (χ0) is 94.7. The standard InChI is InChI=1S/C23H29N2.C21H20N2.C20H19N3.C19H18N4.C19H21N2.C18H18NO/c1-16(2)19-12-9-13-20(17(3)4)22(19)25-15-14-24(6)23(25)21-11-8-7-10-18(21)5;1-16-10-6-7-13-19(16)23-17(2)22(18-11-4-3-5-12-18)20-14-8-9-15-21(20)23;1-15-9-6-7-12-18(15)23-16(2)22(17-10-4-3-5-11-17)19-13-8-14-21-20(19)23;1-14-8-6-7-11-17(14)23-15(2)22(16-9-4-3-5-10-16)18-19(23)21-13-12-20-18;1-14-9-10-16(20(2)3)13-18(14)19-17-8-6-5-7-15(17)11-12-21(19)4;1-13-8-9-15(20-3)12-17(13)18-16-7-5-4-6-14(16)10-11-19(18)2/h7-17H,1-6H3;3-15,17H,1-2H3;3-14,16H,1-2H3;3-13,15H,1-2H3;5-13H,1-4H3;4-12H,1-3H3/q+1;;;;2*+1/t;17-;16-;15-;;/m.111../s1. The van der Waals surface area contributed by atoms with E-state index in [-0.39, 0.29) is 18.5 Å². The van der Waals surface area contributed by atoms with Gasteiger partial charge in [-0.2, -0.15) is 4.57 Å². The molecular weight excluding hydrogens is 1650 g/mol. The second-order valence-electron chi connectivity index (χ2n) is 35.8. The van der Waals surface area contributed by atoms with E-state index in [1.165, 1.54) is 151 Å². The van der Waals surface area contributed by atoms with Crippen LogP contribution in [0.1, 0.15) is 105 Å². The number of aryl methyl sites for hydroxylation is 9. The van der Waals surface area contributed by atoms with Crippen LogP contribution in [-0.4, -0.2) is 59.2 Å². The molecule has 0 spiro atoms. The maximum Gasteiger partial charge on any atom is 0.294 e. The van der Waals surface area contributed by atoms with Crippen molar-refractivity contribution >= 4 is 95.9 Å². The Morgan fingerprint density at radius 1 is 0.319 bits per heavy atom. The molecule has 0 amide bonds. The van der Waals surface area contributed by atoms with E-state index >= 15 is 0 Å². The number of ether oxygens (including phenoxy) is 1. The molecule has 15 heteroatoms. The van der Waals surface area contributed by atoms with Gasteiger partial charge in [0, 0.05) is 95.8 Å². The van der Waals surface area contributed by atoms with Crippen molar-refractivity contribution in [1.29, 1.82) is 0 Å². The summed E-state index contributed by atoms with van der Waals surface area (Å²) in [7, 11) is 12.2. The fraction of sp³-hybridized carbons (Fsp3) is 0.200. The molecule has 3 aliphatic heterocycles. The van der Waals surface area contributed by atoms with E-state index in [2.05, 4.69) is 533 Å². The highest BCUT2D eigenvalue weighted by Crippen LogP contribution is 2.51. The summed E-state index contributed by atoms with van der Waals surface area (Å²) < 4.78 is 14.4. The van der Waals surface area contributed by atoms with Crippen molar-refractivity contribution < 1.29 is 18.4 Å². The van der Waals surface area contributed by atoms with Gasteiger partial charge in [0.15, 0.2) is 29.8 Å². The SMILES string of the molecule is COc1ccc(C)c(-c2c3ccccc3cc[n+]2C)c1.Cc1ccc(N(C)C)cc1-c1c2ccccc2cc[n+]1C.Cc1ccccc1-c1n(-c2c(C(C)C)cccc2C(C)C)cc[n+]1C.Cc1ccccc1N1c2ccccc2N(c2ccccc2)[C@H]1C.Cc1ccccc1N1c2ncccc2N(c2ccccc2)[C@H]1C.Cc1ccccc1N1c2nccnc2N(c2ccccc2)[C@H]1C. The lowest BCUT2D eigenvalue weighted by atomic mass is 9.92. The highest BCUT2D eigenvalue weighted by molar-refractivity contribution is 5.96. The summed E-state index contributed by atoms with van der Waals surface area (Å²) in [6, 6.07) is 119. The van der Waals surface area contributed by atoms with Crippen LogP contribution >= 0.6 is 0 Å². The van der Waals surface area contributed by atoms with Gasteiger partial charge in [-0.05, 0) is 240 Å². The summed E-state index contributed by atoms with van der Waals surface area (Å²) >= 11 is 0. The average molecular weight is 1780 g/mol. The molecule has 3 atom stereocenters. The van der Waals surface area contributed by atoms with Crippen LogP contribution in [0.3, 0.4) is 0 Å². The number of rotatable bonds is 14. The first-order valence-electron chi connectivity index (χ1n) is 46.9. The lowest BCUT2D eigenvalue weighted by Crippen LogP contribution is -2.35. The third-order valence-electron chi connectivity index (χ3n) is 26.0. The van der Waals surface area contributed by atoms with Crippen LogP contribution in [0.25, 0.3) is 61.1 Å². The molecule has 3 aliphatic rings. The van der Waals surface area contributed by atoms with Gasteiger partial charge in [0.2, 0.25) is 11.4 Å². The maximum absolute atomic E-state index is 5.37. The quantitative estimate of drug-likeness (QED) is 0.0976. The molecule has 0 saturated heterocycles. The van der Waals surface area contributed by atoms with E-state index in [1.54, 1.807) is 19.5 Å². The molecule has 13 aromatic carbocycles. The molecule has 0 N–H and O–H groups in total. The normalized spacial score (nSPS) is 13.9. The lowest BCUT2D eigenvalue weighted by Gasteiger charge is -2.31. The van der Waals surface area contributed by atoms with Crippen molar-refractivity contribution in [2.24, 2.45) is 21.1 Å². The summed E-state index contributed by atoms with van der Waals surface area (Å²) in [5.41, 5.74) is 30.1. The Morgan fingerprint density at radius 2 is 0.704 bits per heavy atom. The van der Waals surface area contributed by atoms with E-state index in [4.69, 9.17) is 4.74 Å². The number of hydrogen-bond acceptors (Lipinski definition) is 11. The van der Waals surface area contributed by atoms with Gasteiger partial charge >= 0.3 is 0 Å². The van der Waals surface area contributed by atoms with Crippen LogP contribution in [0.4, 0.5) is 74.3 Å². The van der Waals surface area contributed by atoms with Crippen LogP contribution in [0.15, 0.2) is 383 Å². The average Bonchev–Trinajstić information content (AvgIpc) is 1.60. The maximum atomic E-state index is 5.37. The summed E-state index contributed by atoms with van der Waals surface area (Å²) in [5, 5.41) is 5.08. The predicted molar refractivity (Wildman–Crippen MR) is 564 cm³/mol. The summed E-state index contributed by atoms with van der Waals surface area (Å²) in [4.78, 5) is 30.0. The number of methoxy groups -OCH3 is 1. The third kappa shape index (κ3) is 19.3. The Bertz CT molecular complexity index is 6790. The van der Waals surface area contributed by atoms with E-state index in [0.29, 0.717) is 11.8 Å². The summed E-state index contributed by atoms with van der Waals surface area (Å²) in [5.74, 6) is 5.88. The molecule has 8 heterocycles. The molecular formula is C120H125N14O+3. The van der Waals surface area contributed by atoms with Crippen LogP contribution < -0.4 is 52.7 Å². The van der Waals surface area contributed by atoms with Gasteiger partial charge in [-0.1, -0.05) is 234 Å². The monoisotopic (exact) mass is 1780 g/mol. The van der Waals surface area contributed by atoms with Crippen LogP contribution in [0, 0.1) is 41.5 Å². The first-order chi connectivity index (χ1) is 65.5. The molecule has 15 nitrogen and oxygen atoms in total. The Balaban J connectivity index is 0.000000118. The number of aromatic nitrogens is 7. The molecule has 21 rings (SSSR count). The highest BCUT2D eigenvalue weighted by Gasteiger charge is 2.40. The Morgan fingerprint density at radius 3 is 1.20 bits per heavy atom. The van der Waals surface area contributed by atoms with Crippen molar-refractivity contribution in [1.82, 2.24) is 19.5 Å². The molecule has 0 saturated carbocycles. The van der Waals surface area contributed by atoms with Crippen LogP contribution in [0.5, 0.6) is 5.75 Å². The Labute approximate surface area is 798 Å². The van der Waals surface area contributed by atoms with Crippen LogP contribution in [-0.2, 0) is 21.1 Å². The molecule has 0 radical (unpaired) electrons. The summed E-state index contributed by atoms with van der Waals surface area (Å²) in [6.07, 6.45) is 14.5. The van der Waals surface area contributed by atoms with Gasteiger partial charge in [-0.15, -0.1) is 0 Å². The largest absolute Gasteiger partial charge is 0.497 e. The number of pyridine rings is 3. The smallest absolute Gasteiger partial charge is 0.294 e. The zero-order valence-corrected chi connectivity index (χ0v) is 81.4. The fourth-order valence-corrected chi connectivity index (χ4v) is 19.1. The summed E-state index contributed by atoms with van der Waals surface area (Å²) in [6.45, 7) is 28.7. The first kappa shape index (κ1) is 92.8. The minimum atomic E-state index is 0.107. The number of fused-ring (bicyclic) bond motifs is 5. The van der Waals surface area contributed by atoms with Crippen LogP contribution in [0.2, 0.25) is 0 Å². The molecule has 0 bridgehead atoms. The highest BCUT2D eigenvalue weighted by atomic mass is 16.5. The molecule has 678 valence electrons. The van der Waals surface area contributed by atoms with Gasteiger partial charge in [-0.25, -0.2) is 28.7 Å². The molecule has 0 fully saturated rings. The van der Waals surface area contributed by atoms with Gasteiger partial charge in [0.1, 0.15) is 56.4 Å². The minimum absolute atomic E-state index is 0.107. The molecule has 18 aromatic rings. The molecule has 0 aliphatic carbocycles. The number of anilines is 13. The molecule has 5 aromatic heterocycles. The van der Waals surface area contributed by atoms with Crippen molar-refractivity contribution in [2.45, 2.75) is 120 Å². The fourth-order valence-electron chi connectivity index (χ4n) is 19.1. The third-order valence-corrected chi connectivity index (χ3v) is 26.0. The second-order valence-corrected chi connectivity index (χ2v) is 35.8. The molecule has 0 unspecified atom stereocenters. The van der Waals surface area contributed by atoms with Gasteiger partial charge < -0.3 is 39.0 Å². The predicted octanol–water partition coefficient (Wildman–Crippen LogP) is 28.0. The minimum Gasteiger partial charge on any atom is -0.497 e. The molecule has 135 heavy (non-hydrogen) atoms. The van der Waals surface area contributed by atoms with Gasteiger partial charge in [0.25, 0.3) is 5.82 Å². The lowest BCUT2D eigenvalue weighted by molar-refractivity contribution is -0.659. The van der Waals surface area contributed by atoms with Crippen molar-refractivity contribution in [2.75, 3.05) is 55.5 Å². The Hall–Kier alpha value is -15.5. The topological polar surface area (TPSA) is 87.2 Å². The number of nitrogens with zero attached hydrogens (tertiary/aromatic N) is 14. The first-order valence-corrected chi connectivity index (χ1v) is 46.9. The van der Waals surface area contributed by atoms with E-state index in [1.807, 2.05) is 30.5 Å².